The zero-order valence-corrected chi connectivity index (χ0v) is 19.2. The molecule has 7 nitrogen and oxygen atoms in total. The number of halogens is 1. The molecule has 2 rings (SSSR count). The third-order valence-corrected chi connectivity index (χ3v) is 5.65. The van der Waals surface area contributed by atoms with Gasteiger partial charge in [0.25, 0.3) is 0 Å². The minimum atomic E-state index is -4.09. The minimum Gasteiger partial charge on any atom is -0.466 e. The van der Waals surface area contributed by atoms with Crippen LogP contribution in [0.3, 0.4) is 0 Å². The summed E-state index contributed by atoms with van der Waals surface area (Å²) in [5, 5.41) is 0. The lowest BCUT2D eigenvalue weighted by Gasteiger charge is -2.25. The predicted octanol–water partition coefficient (Wildman–Crippen LogP) is 3.92. The first-order valence-electron chi connectivity index (χ1n) is 10.3. The third-order valence-electron chi connectivity index (χ3n) is 4.39. The highest BCUT2D eigenvalue weighted by Gasteiger charge is 2.19. The van der Waals surface area contributed by atoms with Crippen LogP contribution in [0.2, 0.25) is 0 Å². The topological polar surface area (TPSA) is 90.0 Å². The molecule has 0 radical (unpaired) electrons. The number of amides is 1. The lowest BCUT2D eigenvalue weighted by molar-refractivity contribution is -0.145. The highest BCUT2D eigenvalue weighted by molar-refractivity contribution is 7.87. The first-order chi connectivity index (χ1) is 15.1. The van der Waals surface area contributed by atoms with Crippen molar-refractivity contribution in [3.63, 3.8) is 0 Å². The number of hydrogen-bond acceptors (Lipinski definition) is 6. The molecule has 0 N–H and O–H groups in total. The zero-order chi connectivity index (χ0) is 23.7. The van der Waals surface area contributed by atoms with Gasteiger partial charge in [0.2, 0.25) is 5.91 Å². The molecule has 174 valence electrons. The number of esters is 1. The average molecular weight is 466 g/mol. The van der Waals surface area contributed by atoms with Gasteiger partial charge in [-0.05, 0) is 54.8 Å². The standard InChI is InChI=1S/C23H28FNO6S/c1-4-30-23(27)14-13-22(26)25(15-17(2)3)16-18-5-9-20(10-6-18)31-32(28,29)21-11-7-19(24)8-12-21/h5-12,17H,4,13-16H2,1-3H3. The summed E-state index contributed by atoms with van der Waals surface area (Å²) in [5.41, 5.74) is 0.779. The average Bonchev–Trinajstić information content (AvgIpc) is 2.73. The Morgan fingerprint density at radius 1 is 1.00 bits per heavy atom. The van der Waals surface area contributed by atoms with E-state index in [4.69, 9.17) is 8.92 Å². The van der Waals surface area contributed by atoms with E-state index >= 15 is 0 Å². The predicted molar refractivity (Wildman–Crippen MR) is 117 cm³/mol. The normalized spacial score (nSPS) is 11.3. The molecule has 1 amide bonds. The molecule has 0 saturated heterocycles. The van der Waals surface area contributed by atoms with Crippen molar-refractivity contribution >= 4 is 22.0 Å². The Morgan fingerprint density at radius 2 is 1.62 bits per heavy atom. The third kappa shape index (κ3) is 7.96. The van der Waals surface area contributed by atoms with Crippen LogP contribution >= 0.6 is 0 Å². The van der Waals surface area contributed by atoms with Crippen molar-refractivity contribution in [1.29, 1.82) is 0 Å². The fourth-order valence-corrected chi connectivity index (χ4v) is 3.87. The van der Waals surface area contributed by atoms with Crippen molar-refractivity contribution in [3.8, 4) is 5.75 Å². The Labute approximate surface area is 188 Å². The molecule has 2 aromatic rings. The van der Waals surface area contributed by atoms with E-state index in [9.17, 15) is 22.4 Å². The molecule has 2 aromatic carbocycles. The summed E-state index contributed by atoms with van der Waals surface area (Å²) < 4.78 is 47.6. The molecular weight excluding hydrogens is 437 g/mol. The van der Waals surface area contributed by atoms with Crippen molar-refractivity contribution in [2.75, 3.05) is 13.2 Å². The number of carbonyl (C=O) groups excluding carboxylic acids is 2. The summed E-state index contributed by atoms with van der Waals surface area (Å²) in [5.74, 6) is -0.789. The molecule has 0 unspecified atom stereocenters. The van der Waals surface area contributed by atoms with Gasteiger partial charge in [0.15, 0.2) is 0 Å². The van der Waals surface area contributed by atoms with E-state index in [2.05, 4.69) is 0 Å². The molecule has 0 aliphatic rings. The fraction of sp³-hybridized carbons (Fsp3) is 0.391. The van der Waals surface area contributed by atoms with E-state index in [1.165, 1.54) is 12.1 Å². The second-order valence-electron chi connectivity index (χ2n) is 7.61. The van der Waals surface area contributed by atoms with Gasteiger partial charge in [-0.25, -0.2) is 4.39 Å². The van der Waals surface area contributed by atoms with Crippen LogP contribution in [0.5, 0.6) is 5.75 Å². The number of hydrogen-bond donors (Lipinski definition) is 0. The molecule has 0 saturated carbocycles. The number of benzene rings is 2. The van der Waals surface area contributed by atoms with Crippen molar-refractivity contribution in [3.05, 3.63) is 59.9 Å². The van der Waals surface area contributed by atoms with Crippen LogP contribution in [-0.2, 0) is 31.0 Å². The number of nitrogens with zero attached hydrogens (tertiary/aromatic N) is 1. The van der Waals surface area contributed by atoms with Gasteiger partial charge in [0.1, 0.15) is 16.5 Å². The highest BCUT2D eigenvalue weighted by Crippen LogP contribution is 2.20. The Bertz CT molecular complexity index is 1000. The SMILES string of the molecule is CCOC(=O)CCC(=O)N(Cc1ccc(OS(=O)(=O)c2ccc(F)cc2)cc1)CC(C)C. The van der Waals surface area contributed by atoms with Gasteiger partial charge in [-0.3, -0.25) is 9.59 Å². The number of ether oxygens (including phenoxy) is 1. The van der Waals surface area contributed by atoms with Crippen LogP contribution in [0.25, 0.3) is 0 Å². The Hall–Kier alpha value is -2.94. The van der Waals surface area contributed by atoms with Crippen LogP contribution in [0.15, 0.2) is 53.4 Å². The molecule has 0 aliphatic heterocycles. The van der Waals surface area contributed by atoms with Crippen molar-refractivity contribution in [2.45, 2.75) is 45.1 Å². The second kappa shape index (κ2) is 11.6. The minimum absolute atomic E-state index is 0.0231. The molecule has 32 heavy (non-hydrogen) atoms. The van der Waals surface area contributed by atoms with Gasteiger partial charge in [-0.15, -0.1) is 0 Å². The maximum atomic E-state index is 13.0. The van der Waals surface area contributed by atoms with Crippen LogP contribution in [-0.4, -0.2) is 38.3 Å². The largest absolute Gasteiger partial charge is 0.466 e. The lowest BCUT2D eigenvalue weighted by Crippen LogP contribution is -2.34. The second-order valence-corrected chi connectivity index (χ2v) is 9.15. The molecule has 0 atom stereocenters. The van der Waals surface area contributed by atoms with Crippen LogP contribution in [0.1, 0.15) is 39.2 Å². The van der Waals surface area contributed by atoms with Crippen LogP contribution in [0.4, 0.5) is 4.39 Å². The van der Waals surface area contributed by atoms with E-state index in [1.54, 1.807) is 24.0 Å². The van der Waals surface area contributed by atoms with E-state index < -0.39 is 21.9 Å². The van der Waals surface area contributed by atoms with E-state index in [1.807, 2.05) is 13.8 Å². The summed E-state index contributed by atoms with van der Waals surface area (Å²) in [6, 6.07) is 10.7. The maximum Gasteiger partial charge on any atom is 0.339 e. The summed E-state index contributed by atoms with van der Waals surface area (Å²) in [6.07, 6.45) is 0.0813. The van der Waals surface area contributed by atoms with Crippen molar-refractivity contribution in [1.82, 2.24) is 4.90 Å². The molecule has 0 spiro atoms. The summed E-state index contributed by atoms with van der Waals surface area (Å²) in [7, 11) is -4.09. The molecule has 0 aromatic heterocycles. The molecular formula is C23H28FNO6S. The van der Waals surface area contributed by atoms with Gasteiger partial charge in [-0.2, -0.15) is 8.42 Å². The van der Waals surface area contributed by atoms with Gasteiger partial charge >= 0.3 is 16.1 Å². The smallest absolute Gasteiger partial charge is 0.339 e. The van der Waals surface area contributed by atoms with Gasteiger partial charge in [0.05, 0.1) is 13.0 Å². The van der Waals surface area contributed by atoms with Gasteiger partial charge < -0.3 is 13.8 Å². The van der Waals surface area contributed by atoms with Crippen molar-refractivity contribution in [2.24, 2.45) is 5.92 Å². The molecule has 0 bridgehead atoms. The summed E-state index contributed by atoms with van der Waals surface area (Å²) in [4.78, 5) is 25.7. The van der Waals surface area contributed by atoms with E-state index in [0.29, 0.717) is 13.1 Å². The van der Waals surface area contributed by atoms with Crippen LogP contribution < -0.4 is 4.18 Å². The molecule has 0 heterocycles. The first kappa shape index (κ1) is 25.3. The monoisotopic (exact) mass is 465 g/mol. The number of carbonyl (C=O) groups is 2. The maximum absolute atomic E-state index is 13.0. The van der Waals surface area contributed by atoms with E-state index in [-0.39, 0.29) is 41.9 Å². The van der Waals surface area contributed by atoms with Gasteiger partial charge in [-0.1, -0.05) is 26.0 Å². The Kier molecular flexibility index (Phi) is 9.19. The molecule has 9 heteroatoms. The summed E-state index contributed by atoms with van der Waals surface area (Å²) >= 11 is 0. The van der Waals surface area contributed by atoms with Gasteiger partial charge in [0, 0.05) is 19.5 Å². The van der Waals surface area contributed by atoms with E-state index in [0.717, 1.165) is 29.8 Å². The summed E-state index contributed by atoms with van der Waals surface area (Å²) in [6.45, 7) is 6.78. The Balaban J connectivity index is 2.04. The fourth-order valence-electron chi connectivity index (χ4n) is 2.94. The van der Waals surface area contributed by atoms with Crippen molar-refractivity contribution < 1.29 is 31.3 Å². The Morgan fingerprint density at radius 3 is 2.19 bits per heavy atom. The quantitative estimate of drug-likeness (QED) is 0.369. The number of rotatable bonds is 11. The lowest BCUT2D eigenvalue weighted by atomic mass is 10.1. The molecule has 0 fully saturated rings. The first-order valence-corrected chi connectivity index (χ1v) is 11.7. The highest BCUT2D eigenvalue weighted by atomic mass is 32.2. The van der Waals surface area contributed by atoms with Crippen LogP contribution in [0, 0.1) is 11.7 Å². The zero-order valence-electron chi connectivity index (χ0n) is 18.4. The molecule has 0 aliphatic carbocycles.